The van der Waals surface area contributed by atoms with Gasteiger partial charge in [-0.3, -0.25) is 10.1 Å². The smallest absolute Gasteiger partial charge is 0.321 e. The van der Waals surface area contributed by atoms with E-state index in [0.29, 0.717) is 4.90 Å². The van der Waals surface area contributed by atoms with Crippen LogP contribution < -0.4 is 10.6 Å². The first-order chi connectivity index (χ1) is 8.43. The number of carbonyl (C=O) groups excluding carboxylic acids is 2. The van der Waals surface area contributed by atoms with Gasteiger partial charge in [0.25, 0.3) is 0 Å². The topological polar surface area (TPSA) is 58.2 Å². The standard InChI is InChI=1S/C11H12F2N2O2S/c1-6(10(16)15-11(17)14-2)18-7-3-4-8(12)9(13)5-7/h3-6H,1-2H3,(H2,14,15,16,17). The lowest BCUT2D eigenvalue weighted by molar-refractivity contribution is -0.119. The minimum Gasteiger partial charge on any atom is -0.341 e. The van der Waals surface area contributed by atoms with E-state index >= 15 is 0 Å². The molecule has 18 heavy (non-hydrogen) atoms. The van der Waals surface area contributed by atoms with Crippen LogP contribution in [0.3, 0.4) is 0 Å². The van der Waals surface area contributed by atoms with Crippen molar-refractivity contribution in [2.75, 3.05) is 7.05 Å². The molecule has 3 amide bonds. The van der Waals surface area contributed by atoms with Crippen LogP contribution in [0.15, 0.2) is 23.1 Å². The summed E-state index contributed by atoms with van der Waals surface area (Å²) < 4.78 is 25.6. The number of rotatable bonds is 3. The first-order valence-corrected chi connectivity index (χ1v) is 5.96. The molecule has 0 aromatic heterocycles. The number of urea groups is 1. The van der Waals surface area contributed by atoms with Gasteiger partial charge >= 0.3 is 6.03 Å². The molecule has 1 aromatic rings. The Bertz CT molecular complexity index is 468. The Labute approximate surface area is 107 Å². The van der Waals surface area contributed by atoms with Crippen LogP contribution in [0.5, 0.6) is 0 Å². The Morgan fingerprint density at radius 1 is 1.28 bits per heavy atom. The number of benzene rings is 1. The largest absolute Gasteiger partial charge is 0.341 e. The summed E-state index contributed by atoms with van der Waals surface area (Å²) in [7, 11) is 1.38. The number of thioether (sulfide) groups is 1. The van der Waals surface area contributed by atoms with Gasteiger partial charge in [0, 0.05) is 11.9 Å². The molecular formula is C11H12F2N2O2S. The second-order valence-electron chi connectivity index (χ2n) is 3.40. The van der Waals surface area contributed by atoms with Crippen LogP contribution in [0.1, 0.15) is 6.92 Å². The molecule has 1 unspecified atom stereocenters. The zero-order valence-electron chi connectivity index (χ0n) is 9.79. The molecular weight excluding hydrogens is 262 g/mol. The van der Waals surface area contributed by atoms with E-state index in [2.05, 4.69) is 10.6 Å². The molecule has 0 aliphatic carbocycles. The lowest BCUT2D eigenvalue weighted by Crippen LogP contribution is -2.41. The van der Waals surface area contributed by atoms with Crippen molar-refractivity contribution < 1.29 is 18.4 Å². The second-order valence-corrected chi connectivity index (χ2v) is 4.82. The summed E-state index contributed by atoms with van der Waals surface area (Å²) in [5, 5.41) is 3.73. The maximum Gasteiger partial charge on any atom is 0.321 e. The van der Waals surface area contributed by atoms with Crippen molar-refractivity contribution in [2.24, 2.45) is 0 Å². The Morgan fingerprint density at radius 3 is 2.50 bits per heavy atom. The van der Waals surface area contributed by atoms with Crippen LogP contribution in [-0.4, -0.2) is 24.2 Å². The van der Waals surface area contributed by atoms with Gasteiger partial charge in [0.1, 0.15) is 0 Å². The number of nitrogens with one attached hydrogen (secondary N) is 2. The maximum absolute atomic E-state index is 12.9. The van der Waals surface area contributed by atoms with Gasteiger partial charge in [0.15, 0.2) is 11.6 Å². The van der Waals surface area contributed by atoms with E-state index in [9.17, 15) is 18.4 Å². The van der Waals surface area contributed by atoms with Crippen LogP contribution in [0.2, 0.25) is 0 Å². The lowest BCUT2D eigenvalue weighted by atomic mass is 10.3. The first-order valence-electron chi connectivity index (χ1n) is 5.08. The molecule has 1 atom stereocenters. The van der Waals surface area contributed by atoms with E-state index < -0.39 is 28.8 Å². The van der Waals surface area contributed by atoms with Gasteiger partial charge in [-0.05, 0) is 25.1 Å². The molecule has 0 fully saturated rings. The number of amides is 3. The minimum atomic E-state index is -0.973. The predicted molar refractivity (Wildman–Crippen MR) is 64.3 cm³/mol. The van der Waals surface area contributed by atoms with Crippen molar-refractivity contribution in [3.05, 3.63) is 29.8 Å². The maximum atomic E-state index is 12.9. The Balaban J connectivity index is 2.63. The summed E-state index contributed by atoms with van der Waals surface area (Å²) in [6.07, 6.45) is 0. The van der Waals surface area contributed by atoms with Crippen molar-refractivity contribution in [3.8, 4) is 0 Å². The highest BCUT2D eigenvalue weighted by Gasteiger charge is 2.17. The van der Waals surface area contributed by atoms with E-state index in [1.54, 1.807) is 6.92 Å². The van der Waals surface area contributed by atoms with Crippen LogP contribution in [0, 0.1) is 11.6 Å². The van der Waals surface area contributed by atoms with Crippen molar-refractivity contribution in [2.45, 2.75) is 17.1 Å². The van der Waals surface area contributed by atoms with E-state index in [1.165, 1.54) is 13.1 Å². The fourth-order valence-electron chi connectivity index (χ4n) is 1.08. The molecule has 1 rings (SSSR count). The molecule has 0 aliphatic heterocycles. The minimum absolute atomic E-state index is 0.411. The van der Waals surface area contributed by atoms with Gasteiger partial charge < -0.3 is 5.32 Å². The molecule has 1 aromatic carbocycles. The van der Waals surface area contributed by atoms with E-state index in [-0.39, 0.29) is 0 Å². The molecule has 0 saturated carbocycles. The number of imide groups is 1. The van der Waals surface area contributed by atoms with E-state index in [1.807, 2.05) is 0 Å². The van der Waals surface area contributed by atoms with Crippen molar-refractivity contribution in [1.29, 1.82) is 0 Å². The van der Waals surface area contributed by atoms with Crippen LogP contribution in [-0.2, 0) is 4.79 Å². The van der Waals surface area contributed by atoms with Gasteiger partial charge in [0.2, 0.25) is 5.91 Å². The molecule has 0 heterocycles. The van der Waals surface area contributed by atoms with E-state index in [0.717, 1.165) is 23.9 Å². The van der Waals surface area contributed by atoms with Crippen molar-refractivity contribution in [1.82, 2.24) is 10.6 Å². The van der Waals surface area contributed by atoms with Gasteiger partial charge in [0.05, 0.1) is 5.25 Å². The molecule has 0 bridgehead atoms. The summed E-state index contributed by atoms with van der Waals surface area (Å²) in [6, 6.07) is 2.75. The van der Waals surface area contributed by atoms with Crippen LogP contribution in [0.4, 0.5) is 13.6 Å². The first kappa shape index (κ1) is 14.4. The third kappa shape index (κ3) is 3.99. The summed E-state index contributed by atoms with van der Waals surface area (Å²) >= 11 is 1.03. The molecule has 0 saturated heterocycles. The fraction of sp³-hybridized carbons (Fsp3) is 0.273. The van der Waals surface area contributed by atoms with Crippen molar-refractivity contribution >= 4 is 23.7 Å². The Morgan fingerprint density at radius 2 is 1.94 bits per heavy atom. The molecule has 0 aliphatic rings. The number of carbonyl (C=O) groups is 2. The third-order valence-electron chi connectivity index (χ3n) is 2.04. The average Bonchev–Trinajstić information content (AvgIpc) is 2.33. The number of hydrogen-bond donors (Lipinski definition) is 2. The third-order valence-corrected chi connectivity index (χ3v) is 3.13. The van der Waals surface area contributed by atoms with Gasteiger partial charge in [-0.15, -0.1) is 11.8 Å². The highest BCUT2D eigenvalue weighted by Crippen LogP contribution is 2.24. The molecule has 7 heteroatoms. The molecule has 0 spiro atoms. The highest BCUT2D eigenvalue weighted by atomic mass is 32.2. The highest BCUT2D eigenvalue weighted by molar-refractivity contribution is 8.00. The molecule has 2 N–H and O–H groups in total. The SMILES string of the molecule is CNC(=O)NC(=O)C(C)Sc1ccc(F)c(F)c1. The van der Waals surface area contributed by atoms with Gasteiger partial charge in [-0.1, -0.05) is 0 Å². The average molecular weight is 274 g/mol. The lowest BCUT2D eigenvalue weighted by Gasteiger charge is -2.10. The summed E-state index contributed by atoms with van der Waals surface area (Å²) in [6.45, 7) is 1.56. The summed E-state index contributed by atoms with van der Waals surface area (Å²) in [4.78, 5) is 22.8. The van der Waals surface area contributed by atoms with Gasteiger partial charge in [-0.2, -0.15) is 0 Å². The molecule has 4 nitrogen and oxygen atoms in total. The second kappa shape index (κ2) is 6.34. The zero-order valence-corrected chi connectivity index (χ0v) is 10.6. The van der Waals surface area contributed by atoms with Crippen LogP contribution >= 0.6 is 11.8 Å². The van der Waals surface area contributed by atoms with E-state index in [4.69, 9.17) is 0 Å². The monoisotopic (exact) mass is 274 g/mol. The zero-order chi connectivity index (χ0) is 13.7. The predicted octanol–water partition coefficient (Wildman–Crippen LogP) is 1.90. The Kier molecular flexibility index (Phi) is 5.08. The number of hydrogen-bond acceptors (Lipinski definition) is 3. The number of halogens is 2. The van der Waals surface area contributed by atoms with Crippen LogP contribution in [0.25, 0.3) is 0 Å². The Hall–Kier alpha value is -1.63. The van der Waals surface area contributed by atoms with Gasteiger partial charge in [-0.25, -0.2) is 13.6 Å². The summed E-state index contributed by atoms with van der Waals surface area (Å²) in [5.74, 6) is -2.43. The normalized spacial score (nSPS) is 11.8. The molecule has 0 radical (unpaired) electrons. The quantitative estimate of drug-likeness (QED) is 0.828. The summed E-state index contributed by atoms with van der Waals surface area (Å²) in [5.41, 5.74) is 0. The fourth-order valence-corrected chi connectivity index (χ4v) is 1.98. The van der Waals surface area contributed by atoms with Crippen molar-refractivity contribution in [3.63, 3.8) is 0 Å². The molecule has 98 valence electrons.